The highest BCUT2D eigenvalue weighted by Crippen LogP contribution is 2.46. The van der Waals surface area contributed by atoms with Crippen LogP contribution in [0.2, 0.25) is 0 Å². The van der Waals surface area contributed by atoms with Crippen molar-refractivity contribution in [2.24, 2.45) is 11.3 Å². The van der Waals surface area contributed by atoms with Crippen LogP contribution in [-0.2, 0) is 22.6 Å². The summed E-state index contributed by atoms with van der Waals surface area (Å²) in [6.45, 7) is 10.6. The van der Waals surface area contributed by atoms with Gasteiger partial charge in [0.25, 0.3) is 5.91 Å². The molecule has 1 N–H and O–H groups in total. The number of imide groups is 1. The molecule has 3 fully saturated rings. The molecule has 0 aromatic heterocycles. The molecule has 1 aliphatic carbocycles. The Morgan fingerprint density at radius 1 is 1.15 bits per heavy atom. The largest absolute Gasteiger partial charge is 0.493 e. The number of carbonyl (C=O) groups is 3. The van der Waals surface area contributed by atoms with Gasteiger partial charge in [-0.2, -0.15) is 0 Å². The van der Waals surface area contributed by atoms with E-state index in [4.69, 9.17) is 4.74 Å². The van der Waals surface area contributed by atoms with Crippen LogP contribution in [-0.4, -0.2) is 77.4 Å². The monoisotopic (exact) mass is 468 g/mol. The average molecular weight is 469 g/mol. The van der Waals surface area contributed by atoms with Gasteiger partial charge < -0.3 is 15.0 Å². The van der Waals surface area contributed by atoms with Gasteiger partial charge in [-0.3, -0.25) is 19.4 Å². The summed E-state index contributed by atoms with van der Waals surface area (Å²) < 4.78 is 5.59. The fourth-order valence-electron chi connectivity index (χ4n) is 6.64. The van der Waals surface area contributed by atoms with Crippen molar-refractivity contribution >= 4 is 17.8 Å². The second-order valence-electron chi connectivity index (χ2n) is 11.5. The van der Waals surface area contributed by atoms with E-state index in [-0.39, 0.29) is 23.8 Å². The first kappa shape index (κ1) is 23.1. The molecule has 8 nitrogen and oxygen atoms in total. The minimum absolute atomic E-state index is 0.0250. The second kappa shape index (κ2) is 8.56. The number of piperazine rings is 1. The lowest BCUT2D eigenvalue weighted by Gasteiger charge is -2.43. The fraction of sp³-hybridized carbons (Fsp3) is 0.654. The molecule has 1 saturated carbocycles. The van der Waals surface area contributed by atoms with E-state index >= 15 is 0 Å². The van der Waals surface area contributed by atoms with Gasteiger partial charge in [0.2, 0.25) is 5.91 Å². The standard InChI is InChI=1S/C26H36N4O4/c1-18-13-25(2,3)17-26(14-18)23(32)30(24(33)27-26)16-22(31)29-9-7-28(8-10-29)15-19-4-5-21-20(12-19)6-11-34-21/h4-5,12,18H,6-11,13-17H2,1-3H3,(H,27,33)/t18-,26+/m1/s1. The highest BCUT2D eigenvalue weighted by Gasteiger charge is 2.56. The van der Waals surface area contributed by atoms with Gasteiger partial charge in [0, 0.05) is 39.1 Å². The molecule has 0 radical (unpaired) electrons. The lowest BCUT2D eigenvalue weighted by atomic mass is 9.64. The smallest absolute Gasteiger partial charge is 0.325 e. The number of urea groups is 1. The molecule has 0 unspecified atom stereocenters. The highest BCUT2D eigenvalue weighted by molar-refractivity contribution is 6.09. The normalized spacial score (nSPS) is 28.7. The summed E-state index contributed by atoms with van der Waals surface area (Å²) in [5.41, 5.74) is 1.65. The summed E-state index contributed by atoms with van der Waals surface area (Å²) in [7, 11) is 0. The lowest BCUT2D eigenvalue weighted by molar-refractivity contribution is -0.141. The minimum Gasteiger partial charge on any atom is -0.493 e. The Labute approximate surface area is 201 Å². The minimum atomic E-state index is -0.863. The predicted octanol–water partition coefficient (Wildman–Crippen LogP) is 2.40. The third-order valence-corrected chi connectivity index (χ3v) is 7.80. The summed E-state index contributed by atoms with van der Waals surface area (Å²) in [6, 6.07) is 5.96. The first-order chi connectivity index (χ1) is 16.1. The lowest BCUT2D eigenvalue weighted by Crippen LogP contribution is -2.55. The molecule has 184 valence electrons. The number of nitrogens with zero attached hydrogens (tertiary/aromatic N) is 3. The van der Waals surface area contributed by atoms with Crippen molar-refractivity contribution in [1.29, 1.82) is 0 Å². The van der Waals surface area contributed by atoms with Crippen molar-refractivity contribution < 1.29 is 19.1 Å². The number of rotatable bonds is 4. The van der Waals surface area contributed by atoms with Gasteiger partial charge in [0.1, 0.15) is 17.8 Å². The molecule has 5 rings (SSSR count). The quantitative estimate of drug-likeness (QED) is 0.687. The SMILES string of the molecule is C[C@@H]1CC(C)(C)C[C@]2(C1)NC(=O)N(CC(=O)N1CCN(Cc3ccc4c(c3)CCO4)CC1)C2=O. The highest BCUT2D eigenvalue weighted by atomic mass is 16.5. The molecule has 0 bridgehead atoms. The van der Waals surface area contributed by atoms with Gasteiger partial charge in [-0.15, -0.1) is 0 Å². The molecule has 1 spiro atoms. The topological polar surface area (TPSA) is 82.2 Å². The first-order valence-electron chi connectivity index (χ1n) is 12.5. The van der Waals surface area contributed by atoms with Crippen molar-refractivity contribution in [1.82, 2.24) is 20.0 Å². The number of hydrogen-bond acceptors (Lipinski definition) is 5. The maximum atomic E-state index is 13.3. The average Bonchev–Trinajstić information content (AvgIpc) is 3.31. The number of amides is 4. The van der Waals surface area contributed by atoms with E-state index in [9.17, 15) is 14.4 Å². The van der Waals surface area contributed by atoms with E-state index in [2.05, 4.69) is 49.2 Å². The predicted molar refractivity (Wildman–Crippen MR) is 127 cm³/mol. The van der Waals surface area contributed by atoms with Crippen LogP contribution in [0.25, 0.3) is 0 Å². The Hall–Kier alpha value is -2.61. The van der Waals surface area contributed by atoms with Gasteiger partial charge in [0.05, 0.1) is 6.61 Å². The molecule has 4 aliphatic rings. The van der Waals surface area contributed by atoms with Crippen LogP contribution >= 0.6 is 0 Å². The Kier molecular flexibility index (Phi) is 5.82. The Morgan fingerprint density at radius 2 is 1.91 bits per heavy atom. The van der Waals surface area contributed by atoms with Crippen LogP contribution in [0.5, 0.6) is 5.75 Å². The molecule has 3 aliphatic heterocycles. The van der Waals surface area contributed by atoms with Crippen LogP contribution in [0.4, 0.5) is 4.79 Å². The Balaban J connectivity index is 1.16. The molecule has 1 aromatic rings. The second-order valence-corrected chi connectivity index (χ2v) is 11.5. The molecular weight excluding hydrogens is 432 g/mol. The summed E-state index contributed by atoms with van der Waals surface area (Å²) in [6.07, 6.45) is 3.25. The molecular formula is C26H36N4O4. The number of benzene rings is 1. The van der Waals surface area contributed by atoms with E-state index in [1.165, 1.54) is 11.1 Å². The zero-order valence-corrected chi connectivity index (χ0v) is 20.6. The Bertz CT molecular complexity index is 1000. The van der Waals surface area contributed by atoms with Crippen molar-refractivity contribution in [3.63, 3.8) is 0 Å². The van der Waals surface area contributed by atoms with Crippen molar-refractivity contribution in [3.05, 3.63) is 29.3 Å². The molecule has 34 heavy (non-hydrogen) atoms. The van der Waals surface area contributed by atoms with Crippen molar-refractivity contribution in [2.75, 3.05) is 39.3 Å². The fourth-order valence-corrected chi connectivity index (χ4v) is 6.64. The third kappa shape index (κ3) is 4.40. The summed E-state index contributed by atoms with van der Waals surface area (Å²) in [5, 5.41) is 2.97. The van der Waals surface area contributed by atoms with Gasteiger partial charge in [-0.25, -0.2) is 4.79 Å². The van der Waals surface area contributed by atoms with Crippen LogP contribution in [0, 0.1) is 11.3 Å². The van der Waals surface area contributed by atoms with Crippen LogP contribution in [0.15, 0.2) is 18.2 Å². The van der Waals surface area contributed by atoms with E-state index < -0.39 is 11.6 Å². The van der Waals surface area contributed by atoms with E-state index in [1.54, 1.807) is 4.90 Å². The van der Waals surface area contributed by atoms with E-state index in [0.29, 0.717) is 31.8 Å². The number of hydrogen-bond donors (Lipinski definition) is 1. The van der Waals surface area contributed by atoms with Crippen molar-refractivity contribution in [2.45, 2.75) is 58.5 Å². The van der Waals surface area contributed by atoms with E-state index in [1.807, 2.05) is 0 Å². The van der Waals surface area contributed by atoms with Gasteiger partial charge in [0.15, 0.2) is 0 Å². The summed E-state index contributed by atoms with van der Waals surface area (Å²) in [5.74, 6) is 0.949. The number of carbonyl (C=O) groups excluding carboxylic acids is 3. The molecule has 4 amide bonds. The van der Waals surface area contributed by atoms with Gasteiger partial charge in [-0.05, 0) is 47.8 Å². The third-order valence-electron chi connectivity index (χ3n) is 7.80. The van der Waals surface area contributed by atoms with Crippen LogP contribution < -0.4 is 10.1 Å². The summed E-state index contributed by atoms with van der Waals surface area (Å²) >= 11 is 0. The first-order valence-corrected chi connectivity index (χ1v) is 12.5. The van der Waals surface area contributed by atoms with Gasteiger partial charge in [-0.1, -0.05) is 32.9 Å². The molecule has 3 heterocycles. The maximum absolute atomic E-state index is 13.3. The number of ether oxygens (including phenoxy) is 1. The molecule has 1 aromatic carbocycles. The van der Waals surface area contributed by atoms with Crippen LogP contribution in [0.3, 0.4) is 0 Å². The zero-order valence-electron chi connectivity index (χ0n) is 20.6. The summed E-state index contributed by atoms with van der Waals surface area (Å²) in [4.78, 5) is 44.4. The Morgan fingerprint density at radius 3 is 2.65 bits per heavy atom. The molecule has 2 saturated heterocycles. The zero-order chi connectivity index (χ0) is 24.1. The number of fused-ring (bicyclic) bond motifs is 1. The molecule has 8 heteroatoms. The molecule has 2 atom stereocenters. The van der Waals surface area contributed by atoms with E-state index in [0.717, 1.165) is 49.7 Å². The number of nitrogens with one attached hydrogen (secondary N) is 1. The van der Waals surface area contributed by atoms with Crippen molar-refractivity contribution in [3.8, 4) is 5.75 Å². The van der Waals surface area contributed by atoms with Gasteiger partial charge >= 0.3 is 6.03 Å². The maximum Gasteiger partial charge on any atom is 0.325 e. The van der Waals surface area contributed by atoms with Crippen LogP contribution in [0.1, 0.15) is 51.2 Å².